The number of unbranched alkanes of at least 4 members (excludes halogenated alkanes) is 4. The van der Waals surface area contributed by atoms with Crippen LogP contribution in [0.15, 0.2) is 60.7 Å². The second-order valence-corrected chi connectivity index (χ2v) is 15.3. The van der Waals surface area contributed by atoms with Gasteiger partial charge < -0.3 is 41.0 Å². The summed E-state index contributed by atoms with van der Waals surface area (Å²) in [5.74, 6) is -1.55. The van der Waals surface area contributed by atoms with Crippen molar-refractivity contribution in [2.45, 2.75) is 114 Å². The highest BCUT2D eigenvalue weighted by Crippen LogP contribution is 2.53. The summed E-state index contributed by atoms with van der Waals surface area (Å²) in [6, 6.07) is 20.0. The van der Waals surface area contributed by atoms with Crippen LogP contribution in [0.3, 0.4) is 0 Å². The molecule has 1 aliphatic carbocycles. The molecule has 0 aromatic heterocycles. The van der Waals surface area contributed by atoms with Crippen LogP contribution in [0, 0.1) is 0 Å². The third kappa shape index (κ3) is 6.74. The van der Waals surface area contributed by atoms with Gasteiger partial charge in [-0.1, -0.05) is 75.9 Å². The average Bonchev–Trinajstić information content (AvgIpc) is 3.12. The Hall–Kier alpha value is -4.54. The minimum absolute atomic E-state index is 0.0451. The Labute approximate surface area is 305 Å². The topological polar surface area (TPSA) is 141 Å². The van der Waals surface area contributed by atoms with Gasteiger partial charge in [-0.15, -0.1) is 0 Å². The highest BCUT2D eigenvalue weighted by molar-refractivity contribution is 6.08. The number of esters is 2. The molecule has 10 heteroatoms. The third-order valence-electron chi connectivity index (χ3n) is 10.9. The Bertz CT molecular complexity index is 1910. The minimum atomic E-state index is -1.09. The number of hydrogen-bond acceptors (Lipinski definition) is 10. The van der Waals surface area contributed by atoms with Crippen LogP contribution in [0.4, 0.5) is 22.7 Å². The molecule has 1 fully saturated rings. The first-order valence-corrected chi connectivity index (χ1v) is 19.0. The van der Waals surface area contributed by atoms with Crippen LogP contribution in [0.25, 0.3) is 21.5 Å². The molecule has 1 saturated carbocycles. The molecule has 2 unspecified atom stereocenters. The maximum Gasteiger partial charge on any atom is 0.305 e. The highest BCUT2D eigenvalue weighted by Gasteiger charge is 2.52. The number of aliphatic hydroxyl groups excluding tert-OH is 2. The summed E-state index contributed by atoms with van der Waals surface area (Å²) >= 11 is 0. The summed E-state index contributed by atoms with van der Waals surface area (Å²) in [6.45, 7) is 8.27. The van der Waals surface area contributed by atoms with E-state index in [0.717, 1.165) is 93.9 Å². The molecule has 0 bridgehead atoms. The Kier molecular flexibility index (Phi) is 9.97. The second-order valence-electron chi connectivity index (χ2n) is 15.3. The van der Waals surface area contributed by atoms with Crippen molar-refractivity contribution in [2.24, 2.45) is 0 Å². The van der Waals surface area contributed by atoms with Crippen molar-refractivity contribution < 1.29 is 29.3 Å². The molecule has 4 aromatic carbocycles. The molecule has 4 aromatic rings. The van der Waals surface area contributed by atoms with Gasteiger partial charge in [0.05, 0.1) is 12.2 Å². The van der Waals surface area contributed by atoms with Crippen LogP contribution in [0.2, 0.25) is 0 Å². The molecule has 52 heavy (non-hydrogen) atoms. The zero-order valence-electron chi connectivity index (χ0n) is 30.7. The lowest BCUT2D eigenvalue weighted by Gasteiger charge is -2.48. The van der Waals surface area contributed by atoms with Crippen molar-refractivity contribution in [1.82, 2.24) is 0 Å². The van der Waals surface area contributed by atoms with Crippen molar-refractivity contribution in [3.8, 4) is 0 Å². The van der Waals surface area contributed by atoms with Crippen LogP contribution in [0.1, 0.15) is 102 Å². The zero-order valence-corrected chi connectivity index (χ0v) is 30.7. The van der Waals surface area contributed by atoms with Crippen molar-refractivity contribution in [2.75, 3.05) is 34.5 Å². The number of carbonyl (C=O) groups is 2. The summed E-state index contributed by atoms with van der Waals surface area (Å²) < 4.78 is 11.6. The van der Waals surface area contributed by atoms with Crippen molar-refractivity contribution >= 4 is 56.2 Å². The summed E-state index contributed by atoms with van der Waals surface area (Å²) in [4.78, 5) is 25.4. The van der Waals surface area contributed by atoms with E-state index >= 15 is 0 Å². The number of nitrogens with one attached hydrogen (secondary N) is 4. The first-order valence-electron chi connectivity index (χ1n) is 19.0. The van der Waals surface area contributed by atoms with E-state index in [1.54, 1.807) is 0 Å². The number of carbonyl (C=O) groups excluding carboxylic acids is 2. The van der Waals surface area contributed by atoms with E-state index in [1.165, 1.54) is 0 Å². The van der Waals surface area contributed by atoms with Gasteiger partial charge in [-0.2, -0.15) is 0 Å². The number of benzene rings is 4. The smallest absolute Gasteiger partial charge is 0.305 e. The fourth-order valence-corrected chi connectivity index (χ4v) is 8.33. The van der Waals surface area contributed by atoms with Gasteiger partial charge in [-0.3, -0.25) is 9.59 Å². The van der Waals surface area contributed by atoms with Gasteiger partial charge >= 0.3 is 11.9 Å². The Morgan fingerprint density at radius 3 is 1.50 bits per heavy atom. The number of hydrogen-bond donors (Lipinski definition) is 6. The third-order valence-corrected chi connectivity index (χ3v) is 10.9. The SMILES string of the molecule is CCCCCC(=O)OCC1(COC(=O)CCCCC)Nc2cccc3c(C4C(O)C(c5ccc6c7c(cccc57)NC(C)(C)N6)C4O)ccc(c23)N1. The molecule has 7 rings (SSSR count). The molecule has 0 spiro atoms. The standard InChI is InChI=1S/C42H52N4O6/c1-5-7-9-17-33(47)51-23-42(24-52-34(48)18-10-8-6-2)45-30-16-12-14-26-28(20-22-32(46-42)36(26)30)38-39(49)37(40(38)50)27-19-21-31-35-25(27)13-11-15-29(35)43-41(3,4)44-31/h11-16,19-22,37-40,43-46,49-50H,5-10,17-18,23-24H2,1-4H3. The summed E-state index contributed by atoms with van der Waals surface area (Å²) in [7, 11) is 0. The molecular weight excluding hydrogens is 656 g/mol. The Balaban J connectivity index is 1.15. The molecular formula is C42H52N4O6. The number of rotatable bonds is 14. The highest BCUT2D eigenvalue weighted by atomic mass is 16.6. The molecule has 3 aliphatic rings. The molecule has 6 N–H and O–H groups in total. The predicted molar refractivity (Wildman–Crippen MR) is 207 cm³/mol. The number of anilines is 4. The van der Waals surface area contributed by atoms with Gasteiger partial charge in [0.2, 0.25) is 0 Å². The van der Waals surface area contributed by atoms with Gasteiger partial charge in [0, 0.05) is 58.2 Å². The molecule has 2 atom stereocenters. The van der Waals surface area contributed by atoms with E-state index < -0.39 is 29.7 Å². The van der Waals surface area contributed by atoms with Crippen LogP contribution < -0.4 is 21.3 Å². The van der Waals surface area contributed by atoms with Crippen molar-refractivity contribution in [3.63, 3.8) is 0 Å². The fraction of sp³-hybridized carbons (Fsp3) is 0.476. The van der Waals surface area contributed by atoms with Crippen LogP contribution in [-0.2, 0) is 19.1 Å². The second kappa shape index (κ2) is 14.5. The van der Waals surface area contributed by atoms with Gasteiger partial charge in [0.15, 0.2) is 5.66 Å². The van der Waals surface area contributed by atoms with Gasteiger partial charge in [0.1, 0.15) is 18.9 Å². The lowest BCUT2D eigenvalue weighted by molar-refractivity contribution is -0.148. The van der Waals surface area contributed by atoms with E-state index in [-0.39, 0.29) is 30.8 Å². The largest absolute Gasteiger partial charge is 0.461 e. The monoisotopic (exact) mass is 708 g/mol. The summed E-state index contributed by atoms with van der Waals surface area (Å²) in [6.07, 6.45) is 4.47. The van der Waals surface area contributed by atoms with Crippen molar-refractivity contribution in [3.05, 3.63) is 71.8 Å². The van der Waals surface area contributed by atoms with Gasteiger partial charge in [-0.05, 0) is 72.9 Å². The lowest BCUT2D eigenvalue weighted by Crippen LogP contribution is -2.56. The number of ether oxygens (including phenoxy) is 2. The van der Waals surface area contributed by atoms with Crippen LogP contribution in [0.5, 0.6) is 0 Å². The summed E-state index contributed by atoms with van der Waals surface area (Å²) in [5.41, 5.74) is 3.99. The van der Waals surface area contributed by atoms with E-state index in [4.69, 9.17) is 9.47 Å². The Morgan fingerprint density at radius 1 is 0.615 bits per heavy atom. The van der Waals surface area contributed by atoms with E-state index in [9.17, 15) is 19.8 Å². The molecule has 2 aliphatic heterocycles. The molecule has 276 valence electrons. The molecule has 2 heterocycles. The van der Waals surface area contributed by atoms with Crippen LogP contribution >= 0.6 is 0 Å². The molecule has 0 amide bonds. The van der Waals surface area contributed by atoms with Gasteiger partial charge in [-0.25, -0.2) is 0 Å². The maximum atomic E-state index is 12.7. The van der Waals surface area contributed by atoms with E-state index in [2.05, 4.69) is 61.1 Å². The average molecular weight is 709 g/mol. The van der Waals surface area contributed by atoms with Crippen LogP contribution in [-0.4, -0.2) is 58.9 Å². The minimum Gasteiger partial charge on any atom is -0.461 e. The Morgan fingerprint density at radius 2 is 1.04 bits per heavy atom. The maximum absolute atomic E-state index is 12.7. The first-order chi connectivity index (χ1) is 25.0. The zero-order chi connectivity index (χ0) is 36.6. The van der Waals surface area contributed by atoms with E-state index in [1.807, 2.05) is 48.5 Å². The molecule has 0 radical (unpaired) electrons. The van der Waals surface area contributed by atoms with Gasteiger partial charge in [0.25, 0.3) is 0 Å². The fourth-order valence-electron chi connectivity index (χ4n) is 8.33. The molecule has 10 nitrogen and oxygen atoms in total. The predicted octanol–water partition coefficient (Wildman–Crippen LogP) is 7.95. The van der Waals surface area contributed by atoms with E-state index in [0.29, 0.717) is 12.8 Å². The molecule has 0 saturated heterocycles. The van der Waals surface area contributed by atoms with Crippen molar-refractivity contribution in [1.29, 1.82) is 0 Å². The quantitative estimate of drug-likeness (QED) is 0.0565. The first kappa shape index (κ1) is 35.8. The lowest BCUT2D eigenvalue weighted by atomic mass is 9.62. The summed E-state index contributed by atoms with van der Waals surface area (Å²) in [5, 5.41) is 41.7. The normalized spacial score (nSPS) is 22.0. The number of aliphatic hydroxyl groups is 2.